The highest BCUT2D eigenvalue weighted by molar-refractivity contribution is 5.76. The first kappa shape index (κ1) is 17.7. The summed E-state index contributed by atoms with van der Waals surface area (Å²) in [6, 6.07) is 11.9. The number of nitrogens with zero attached hydrogens (tertiary/aromatic N) is 3. The fraction of sp³-hybridized carbons (Fsp3) is 0.500. The van der Waals surface area contributed by atoms with Crippen LogP contribution in [0.1, 0.15) is 31.9 Å². The summed E-state index contributed by atoms with van der Waals surface area (Å²) in [6.07, 6.45) is 2.93. The predicted octanol–water partition coefficient (Wildman–Crippen LogP) is 3.42. The first-order valence-electron chi connectivity index (χ1n) is 9.09. The molecule has 0 spiro atoms. The van der Waals surface area contributed by atoms with Gasteiger partial charge >= 0.3 is 0 Å². The van der Waals surface area contributed by atoms with Crippen molar-refractivity contribution < 1.29 is 9.32 Å². The molecule has 1 fully saturated rings. The van der Waals surface area contributed by atoms with Gasteiger partial charge in [-0.1, -0.05) is 42.4 Å². The number of hydrogen-bond donors (Lipinski definition) is 0. The van der Waals surface area contributed by atoms with Gasteiger partial charge in [0, 0.05) is 44.2 Å². The molecule has 134 valence electrons. The average Bonchev–Trinajstić information content (AvgIpc) is 3.09. The molecule has 1 aromatic heterocycles. The summed E-state index contributed by atoms with van der Waals surface area (Å²) in [5.41, 5.74) is 1.92. The van der Waals surface area contributed by atoms with E-state index in [-0.39, 0.29) is 5.91 Å². The number of likely N-dealkylation sites (tertiary alicyclic amines) is 1. The molecule has 1 aliphatic heterocycles. The van der Waals surface area contributed by atoms with Gasteiger partial charge in [0.2, 0.25) is 5.91 Å². The lowest BCUT2D eigenvalue weighted by Gasteiger charge is -2.31. The van der Waals surface area contributed by atoms with Crippen molar-refractivity contribution in [1.82, 2.24) is 15.0 Å². The fourth-order valence-corrected chi connectivity index (χ4v) is 3.34. The van der Waals surface area contributed by atoms with Crippen LogP contribution in [0, 0.1) is 5.92 Å². The highest BCUT2D eigenvalue weighted by Gasteiger charge is 2.21. The van der Waals surface area contributed by atoms with E-state index in [2.05, 4.69) is 17.0 Å². The Morgan fingerprint density at radius 3 is 2.92 bits per heavy atom. The third kappa shape index (κ3) is 4.92. The van der Waals surface area contributed by atoms with Crippen molar-refractivity contribution in [3.8, 4) is 11.3 Å². The Morgan fingerprint density at radius 2 is 2.16 bits per heavy atom. The predicted molar refractivity (Wildman–Crippen MR) is 97.9 cm³/mol. The zero-order valence-electron chi connectivity index (χ0n) is 15.1. The van der Waals surface area contributed by atoms with E-state index in [4.69, 9.17) is 4.52 Å². The van der Waals surface area contributed by atoms with Crippen LogP contribution in [-0.4, -0.2) is 47.5 Å². The van der Waals surface area contributed by atoms with Gasteiger partial charge in [0.25, 0.3) is 0 Å². The lowest BCUT2D eigenvalue weighted by molar-refractivity contribution is -0.133. The third-order valence-corrected chi connectivity index (χ3v) is 4.77. The monoisotopic (exact) mass is 341 g/mol. The summed E-state index contributed by atoms with van der Waals surface area (Å²) in [7, 11) is 2.02. The second kappa shape index (κ2) is 8.30. The lowest BCUT2D eigenvalue weighted by atomic mass is 10.00. The Bertz CT molecular complexity index is 683. The third-order valence-electron chi connectivity index (χ3n) is 4.77. The van der Waals surface area contributed by atoms with Gasteiger partial charge in [-0.15, -0.1) is 0 Å². The maximum atomic E-state index is 12.4. The number of piperidine rings is 1. The minimum Gasteiger partial charge on any atom is -0.356 e. The second-order valence-corrected chi connectivity index (χ2v) is 7.12. The largest absolute Gasteiger partial charge is 0.356 e. The van der Waals surface area contributed by atoms with Gasteiger partial charge in [0.15, 0.2) is 5.76 Å². The molecule has 0 N–H and O–H groups in total. The van der Waals surface area contributed by atoms with E-state index >= 15 is 0 Å². The zero-order chi connectivity index (χ0) is 17.6. The Morgan fingerprint density at radius 1 is 1.36 bits per heavy atom. The molecular formula is C20H27N3O2. The summed E-state index contributed by atoms with van der Waals surface area (Å²) in [4.78, 5) is 16.5. The van der Waals surface area contributed by atoms with Crippen LogP contribution in [0.15, 0.2) is 40.9 Å². The molecule has 1 amide bonds. The molecule has 5 heteroatoms. The van der Waals surface area contributed by atoms with E-state index in [1.807, 2.05) is 48.3 Å². The molecule has 3 rings (SSSR count). The van der Waals surface area contributed by atoms with Crippen LogP contribution < -0.4 is 0 Å². The van der Waals surface area contributed by atoms with Crippen molar-refractivity contribution >= 4 is 5.91 Å². The summed E-state index contributed by atoms with van der Waals surface area (Å²) in [6.45, 7) is 5.46. The van der Waals surface area contributed by atoms with E-state index in [1.54, 1.807) is 0 Å². The second-order valence-electron chi connectivity index (χ2n) is 7.12. The molecule has 0 radical (unpaired) electrons. The molecule has 1 aliphatic rings. The maximum absolute atomic E-state index is 12.4. The van der Waals surface area contributed by atoms with Gasteiger partial charge in [-0.25, -0.2) is 0 Å². The smallest absolute Gasteiger partial charge is 0.223 e. The molecule has 1 saturated heterocycles. The summed E-state index contributed by atoms with van der Waals surface area (Å²) < 4.78 is 5.43. The number of hydrogen-bond acceptors (Lipinski definition) is 4. The molecule has 0 saturated carbocycles. The highest BCUT2D eigenvalue weighted by atomic mass is 16.5. The van der Waals surface area contributed by atoms with Crippen molar-refractivity contribution in [2.75, 3.05) is 26.7 Å². The quantitative estimate of drug-likeness (QED) is 0.808. The topological polar surface area (TPSA) is 49.6 Å². The molecule has 25 heavy (non-hydrogen) atoms. The van der Waals surface area contributed by atoms with E-state index in [1.165, 1.54) is 6.42 Å². The van der Waals surface area contributed by atoms with Crippen LogP contribution in [0.2, 0.25) is 0 Å². The SMILES string of the molecule is C[C@H]1CCCN(C(=O)CCN(C)Cc2cc(-c3ccccc3)on2)C1. The van der Waals surface area contributed by atoms with Crippen LogP contribution in [0.3, 0.4) is 0 Å². The Hall–Kier alpha value is -2.14. The van der Waals surface area contributed by atoms with Crippen molar-refractivity contribution in [1.29, 1.82) is 0 Å². The standard InChI is InChI=1S/C20H27N3O2/c1-16-7-6-11-23(14-16)20(24)10-12-22(2)15-18-13-19(25-21-18)17-8-4-3-5-9-17/h3-5,8-9,13,16H,6-7,10-12,14-15H2,1-2H3/t16-/m0/s1. The van der Waals surface area contributed by atoms with E-state index in [9.17, 15) is 4.79 Å². The van der Waals surface area contributed by atoms with Gasteiger partial charge in [-0.3, -0.25) is 9.69 Å². The normalized spacial score (nSPS) is 17.9. The van der Waals surface area contributed by atoms with Gasteiger partial charge in [0.1, 0.15) is 0 Å². The molecule has 0 aliphatic carbocycles. The minimum absolute atomic E-state index is 0.267. The fourth-order valence-electron chi connectivity index (χ4n) is 3.34. The molecule has 2 heterocycles. The lowest BCUT2D eigenvalue weighted by Crippen LogP contribution is -2.40. The van der Waals surface area contributed by atoms with E-state index in [0.29, 0.717) is 18.9 Å². The molecule has 0 unspecified atom stereocenters. The number of carbonyl (C=O) groups is 1. The summed E-state index contributed by atoms with van der Waals surface area (Å²) >= 11 is 0. The molecule has 2 aromatic rings. The van der Waals surface area contributed by atoms with Crippen LogP contribution in [0.5, 0.6) is 0 Å². The summed E-state index contributed by atoms with van der Waals surface area (Å²) in [5, 5.41) is 4.15. The summed E-state index contributed by atoms with van der Waals surface area (Å²) in [5.74, 6) is 1.67. The maximum Gasteiger partial charge on any atom is 0.223 e. The van der Waals surface area contributed by atoms with Crippen LogP contribution >= 0.6 is 0 Å². The van der Waals surface area contributed by atoms with Gasteiger partial charge in [-0.05, 0) is 25.8 Å². The van der Waals surface area contributed by atoms with E-state index < -0.39 is 0 Å². The van der Waals surface area contributed by atoms with Crippen LogP contribution in [0.4, 0.5) is 0 Å². The minimum atomic E-state index is 0.267. The Labute approximate surface area is 149 Å². The Balaban J connectivity index is 1.47. The first-order chi connectivity index (χ1) is 12.1. The van der Waals surface area contributed by atoms with Crippen molar-refractivity contribution in [3.63, 3.8) is 0 Å². The van der Waals surface area contributed by atoms with E-state index in [0.717, 1.165) is 43.1 Å². The number of benzene rings is 1. The van der Waals surface area contributed by atoms with Crippen LogP contribution in [-0.2, 0) is 11.3 Å². The molecule has 5 nitrogen and oxygen atoms in total. The first-order valence-corrected chi connectivity index (χ1v) is 9.09. The number of amides is 1. The van der Waals surface area contributed by atoms with Crippen LogP contribution in [0.25, 0.3) is 11.3 Å². The molecule has 0 bridgehead atoms. The van der Waals surface area contributed by atoms with Crippen molar-refractivity contribution in [2.24, 2.45) is 5.92 Å². The number of carbonyl (C=O) groups excluding carboxylic acids is 1. The van der Waals surface area contributed by atoms with Gasteiger partial charge in [-0.2, -0.15) is 0 Å². The number of aromatic nitrogens is 1. The molecule has 1 atom stereocenters. The van der Waals surface area contributed by atoms with Gasteiger partial charge < -0.3 is 9.42 Å². The highest BCUT2D eigenvalue weighted by Crippen LogP contribution is 2.20. The van der Waals surface area contributed by atoms with Crippen molar-refractivity contribution in [3.05, 3.63) is 42.1 Å². The molecular weight excluding hydrogens is 314 g/mol. The zero-order valence-corrected chi connectivity index (χ0v) is 15.1. The average molecular weight is 341 g/mol. The molecule has 1 aromatic carbocycles. The Kier molecular flexibility index (Phi) is 5.87. The number of rotatable bonds is 6. The van der Waals surface area contributed by atoms with Crippen molar-refractivity contribution in [2.45, 2.75) is 32.7 Å². The van der Waals surface area contributed by atoms with Gasteiger partial charge in [0.05, 0.1) is 5.69 Å².